The van der Waals surface area contributed by atoms with Crippen molar-refractivity contribution in [2.45, 2.75) is 37.9 Å². The van der Waals surface area contributed by atoms with E-state index in [-0.39, 0.29) is 0 Å². The molecule has 0 aliphatic carbocycles. The van der Waals surface area contributed by atoms with Gasteiger partial charge in [0.15, 0.2) is 0 Å². The van der Waals surface area contributed by atoms with Gasteiger partial charge < -0.3 is 21.1 Å². The zero-order valence-electron chi connectivity index (χ0n) is 14.0. The summed E-state index contributed by atoms with van der Waals surface area (Å²) in [5.74, 6) is -0.867. The summed E-state index contributed by atoms with van der Waals surface area (Å²) in [6.07, 6.45) is 5.01. The first-order valence-electron chi connectivity index (χ1n) is 7.38. The second kappa shape index (κ2) is 12.9. The second-order valence-electron chi connectivity index (χ2n) is 5.03. The number of aliphatic carboxylic acids is 1. The van der Waals surface area contributed by atoms with Crippen LogP contribution in [0.2, 0.25) is 0 Å². The van der Waals surface area contributed by atoms with Gasteiger partial charge in [0.2, 0.25) is 18.2 Å². The molecule has 0 spiro atoms. The Kier molecular flexibility index (Phi) is 12.2. The van der Waals surface area contributed by atoms with Gasteiger partial charge in [-0.15, -0.1) is 0 Å². The van der Waals surface area contributed by atoms with Crippen molar-refractivity contribution in [1.29, 1.82) is 0 Å². The molecule has 0 aromatic heterocycles. The Morgan fingerprint density at radius 3 is 1.96 bits per heavy atom. The van der Waals surface area contributed by atoms with Crippen LogP contribution in [0.1, 0.15) is 19.8 Å². The van der Waals surface area contributed by atoms with Gasteiger partial charge in [-0.3, -0.25) is 19.2 Å². The Morgan fingerprint density at radius 2 is 1.50 bits per heavy atom. The first-order chi connectivity index (χ1) is 11.4. The van der Waals surface area contributed by atoms with Gasteiger partial charge in [-0.25, -0.2) is 0 Å². The first-order valence-corrected chi connectivity index (χ1v) is 10.2. The molecular weight excluding hydrogens is 354 g/mol. The normalized spacial score (nSPS) is 14.1. The minimum atomic E-state index is -1.15. The molecule has 0 aliphatic heterocycles. The lowest BCUT2D eigenvalue weighted by molar-refractivity contribution is -0.141. The average molecular weight is 380 g/mol. The third-order valence-electron chi connectivity index (χ3n) is 3.17. The summed E-state index contributed by atoms with van der Waals surface area (Å²) < 4.78 is 0. The third kappa shape index (κ3) is 9.02. The highest BCUT2D eigenvalue weighted by Crippen LogP contribution is 2.05. The molecule has 0 aromatic rings. The number of amides is 3. The van der Waals surface area contributed by atoms with E-state index in [1.165, 1.54) is 18.7 Å². The summed E-state index contributed by atoms with van der Waals surface area (Å²) in [5.41, 5.74) is 0. The lowest BCUT2D eigenvalue weighted by Crippen LogP contribution is -2.54. The molecule has 0 rings (SSSR count). The van der Waals surface area contributed by atoms with Crippen LogP contribution in [0.4, 0.5) is 0 Å². The number of thioether (sulfide) groups is 2. The molecule has 0 saturated carbocycles. The van der Waals surface area contributed by atoms with Crippen LogP contribution in [0.3, 0.4) is 0 Å². The number of carboxylic acid groups (broad SMARTS) is 1. The van der Waals surface area contributed by atoms with E-state index in [2.05, 4.69) is 16.0 Å². The maximum atomic E-state index is 12.3. The molecule has 0 saturated heterocycles. The zero-order valence-corrected chi connectivity index (χ0v) is 15.7. The fourth-order valence-corrected chi connectivity index (χ4v) is 2.70. The van der Waals surface area contributed by atoms with Gasteiger partial charge in [0, 0.05) is 0 Å². The van der Waals surface area contributed by atoms with Crippen LogP contribution in [0, 0.1) is 0 Å². The van der Waals surface area contributed by atoms with Crippen molar-refractivity contribution >= 4 is 47.7 Å². The van der Waals surface area contributed by atoms with Crippen LogP contribution in [0.5, 0.6) is 0 Å². The molecular formula is C14H25N3O5S2. The molecule has 24 heavy (non-hydrogen) atoms. The predicted octanol–water partition coefficient (Wildman–Crippen LogP) is -0.319. The van der Waals surface area contributed by atoms with Crippen molar-refractivity contribution in [2.75, 3.05) is 24.0 Å². The van der Waals surface area contributed by atoms with Crippen LogP contribution in [0.15, 0.2) is 0 Å². The average Bonchev–Trinajstić information content (AvgIpc) is 2.54. The highest BCUT2D eigenvalue weighted by atomic mass is 32.2. The topological polar surface area (TPSA) is 125 Å². The summed E-state index contributed by atoms with van der Waals surface area (Å²) in [7, 11) is 0. The van der Waals surface area contributed by atoms with Crippen molar-refractivity contribution in [2.24, 2.45) is 0 Å². The van der Waals surface area contributed by atoms with E-state index in [1.807, 2.05) is 12.5 Å². The molecule has 0 unspecified atom stereocenters. The Hall–Kier alpha value is -1.42. The number of carbonyl (C=O) groups excluding carboxylic acids is 3. The van der Waals surface area contributed by atoms with Gasteiger partial charge in [0.05, 0.1) is 0 Å². The molecule has 8 nitrogen and oxygen atoms in total. The molecule has 0 fully saturated rings. The summed E-state index contributed by atoms with van der Waals surface area (Å²) in [6, 6.07) is -2.63. The lowest BCUT2D eigenvalue weighted by Gasteiger charge is -2.22. The monoisotopic (exact) mass is 379 g/mol. The molecule has 138 valence electrons. The molecule has 3 amide bonds. The lowest BCUT2D eigenvalue weighted by atomic mass is 10.1. The summed E-state index contributed by atoms with van der Waals surface area (Å²) in [6.45, 7) is 1.35. The Balaban J connectivity index is 4.89. The minimum Gasteiger partial charge on any atom is -0.480 e. The number of carbonyl (C=O) groups is 4. The predicted molar refractivity (Wildman–Crippen MR) is 96.2 cm³/mol. The van der Waals surface area contributed by atoms with Crippen LogP contribution in [-0.4, -0.2) is 71.4 Å². The fourth-order valence-electron chi connectivity index (χ4n) is 1.76. The van der Waals surface area contributed by atoms with E-state index >= 15 is 0 Å². The van der Waals surface area contributed by atoms with Gasteiger partial charge >= 0.3 is 5.97 Å². The molecule has 0 aliphatic rings. The summed E-state index contributed by atoms with van der Waals surface area (Å²) >= 11 is 3.05. The highest BCUT2D eigenvalue weighted by Gasteiger charge is 2.26. The molecule has 3 atom stereocenters. The zero-order chi connectivity index (χ0) is 18.5. The van der Waals surface area contributed by atoms with Gasteiger partial charge in [0.25, 0.3) is 0 Å². The number of nitrogens with one attached hydrogen (secondary N) is 3. The first kappa shape index (κ1) is 22.6. The molecule has 0 heterocycles. The molecule has 0 radical (unpaired) electrons. The van der Waals surface area contributed by atoms with E-state index in [0.717, 1.165) is 0 Å². The van der Waals surface area contributed by atoms with E-state index in [0.29, 0.717) is 30.8 Å². The van der Waals surface area contributed by atoms with Gasteiger partial charge in [-0.05, 0) is 43.8 Å². The van der Waals surface area contributed by atoms with E-state index in [1.54, 1.807) is 11.8 Å². The SMILES string of the molecule is CSCC[C@H](NC=O)C(=O)N[C@@H](CCSC)C(=O)N[C@@H](C)C(=O)O. The number of rotatable bonds is 13. The maximum absolute atomic E-state index is 12.3. The Bertz CT molecular complexity index is 437. The number of carboxylic acids is 1. The van der Waals surface area contributed by atoms with Gasteiger partial charge in [0.1, 0.15) is 18.1 Å². The quantitative estimate of drug-likeness (QED) is 0.323. The van der Waals surface area contributed by atoms with Gasteiger partial charge in [-0.2, -0.15) is 23.5 Å². The molecule has 0 aromatic carbocycles. The maximum Gasteiger partial charge on any atom is 0.325 e. The standard InChI is InChI=1S/C14H25N3O5S2/c1-9(14(21)22)16-13(20)11(5-7-24-3)17-12(19)10(15-8-18)4-6-23-2/h8-11H,4-7H2,1-3H3,(H,15,18)(H,16,20)(H,17,19)(H,21,22)/t9-,10-,11-/m0/s1. The van der Waals surface area contributed by atoms with Crippen molar-refractivity contribution in [3.63, 3.8) is 0 Å². The Labute approximate surface area is 150 Å². The van der Waals surface area contributed by atoms with Crippen LogP contribution < -0.4 is 16.0 Å². The van der Waals surface area contributed by atoms with E-state index in [9.17, 15) is 19.2 Å². The molecule has 4 N–H and O–H groups in total. The van der Waals surface area contributed by atoms with E-state index in [4.69, 9.17) is 5.11 Å². The summed E-state index contributed by atoms with van der Waals surface area (Å²) in [4.78, 5) is 46.0. The third-order valence-corrected chi connectivity index (χ3v) is 4.46. The smallest absolute Gasteiger partial charge is 0.325 e. The summed E-state index contributed by atoms with van der Waals surface area (Å²) in [5, 5.41) is 16.3. The highest BCUT2D eigenvalue weighted by molar-refractivity contribution is 7.98. The van der Waals surface area contributed by atoms with Gasteiger partial charge in [-0.1, -0.05) is 0 Å². The van der Waals surface area contributed by atoms with Crippen LogP contribution in [0.25, 0.3) is 0 Å². The second-order valence-corrected chi connectivity index (χ2v) is 7.00. The number of hydrogen-bond acceptors (Lipinski definition) is 6. The van der Waals surface area contributed by atoms with E-state index < -0.39 is 35.9 Å². The molecule has 0 bridgehead atoms. The minimum absolute atomic E-state index is 0.363. The van der Waals surface area contributed by atoms with Crippen molar-refractivity contribution in [3.05, 3.63) is 0 Å². The van der Waals surface area contributed by atoms with Crippen molar-refractivity contribution < 1.29 is 24.3 Å². The van der Waals surface area contributed by atoms with Crippen LogP contribution >= 0.6 is 23.5 Å². The Morgan fingerprint density at radius 1 is 1.00 bits per heavy atom. The number of hydrogen-bond donors (Lipinski definition) is 4. The largest absolute Gasteiger partial charge is 0.480 e. The van der Waals surface area contributed by atoms with Crippen molar-refractivity contribution in [1.82, 2.24) is 16.0 Å². The van der Waals surface area contributed by atoms with Crippen molar-refractivity contribution in [3.8, 4) is 0 Å². The molecule has 10 heteroatoms. The fraction of sp³-hybridized carbons (Fsp3) is 0.714. The van der Waals surface area contributed by atoms with Crippen LogP contribution in [-0.2, 0) is 19.2 Å².